The maximum atomic E-state index is 12.3. The molecule has 0 aliphatic carbocycles. The van der Waals surface area contributed by atoms with E-state index in [0.717, 1.165) is 45.3 Å². The predicted molar refractivity (Wildman–Crippen MR) is 78.9 cm³/mol. The van der Waals surface area contributed by atoms with Gasteiger partial charge in [-0.3, -0.25) is 4.79 Å². The van der Waals surface area contributed by atoms with Crippen LogP contribution >= 0.6 is 12.4 Å². The van der Waals surface area contributed by atoms with E-state index in [0.29, 0.717) is 11.8 Å². The highest BCUT2D eigenvalue weighted by molar-refractivity contribution is 5.85. The van der Waals surface area contributed by atoms with Gasteiger partial charge in [0.05, 0.1) is 0 Å². The first-order chi connectivity index (χ1) is 8.22. The number of carbonyl (C=O) groups excluding carboxylic acids is 1. The van der Waals surface area contributed by atoms with Crippen LogP contribution in [0.3, 0.4) is 0 Å². The molecule has 0 aromatic carbocycles. The minimum Gasteiger partial charge on any atom is -0.342 e. The molecule has 1 saturated heterocycles. The fourth-order valence-corrected chi connectivity index (χ4v) is 2.60. The molecule has 1 aliphatic rings. The molecule has 0 aromatic rings. The highest BCUT2D eigenvalue weighted by atomic mass is 35.5. The first-order valence-corrected chi connectivity index (χ1v) is 7.21. The molecule has 1 rings (SSSR count). The Morgan fingerprint density at radius 3 is 2.39 bits per heavy atom. The topological polar surface area (TPSA) is 46.3 Å². The van der Waals surface area contributed by atoms with Gasteiger partial charge in [-0.1, -0.05) is 26.7 Å². The van der Waals surface area contributed by atoms with Crippen molar-refractivity contribution in [2.75, 3.05) is 19.6 Å². The predicted octanol–water partition coefficient (Wildman–Crippen LogP) is 2.82. The number of hydrogen-bond acceptors (Lipinski definition) is 2. The molecule has 1 heterocycles. The number of rotatable bonds is 6. The summed E-state index contributed by atoms with van der Waals surface area (Å²) < 4.78 is 0. The van der Waals surface area contributed by atoms with E-state index in [2.05, 4.69) is 18.7 Å². The van der Waals surface area contributed by atoms with E-state index in [1.54, 1.807) is 0 Å². The number of piperidine rings is 1. The molecule has 0 saturated carbocycles. The normalized spacial score (nSPS) is 18.3. The van der Waals surface area contributed by atoms with Crippen LogP contribution in [0.1, 0.15) is 52.4 Å². The molecule has 0 spiro atoms. The standard InChI is InChI=1S/C14H28N2O.ClH/c1-3-5-6-13(4-2)14(17)16-9-7-12(11-15)8-10-16;/h12-13H,3-11,15H2,1-2H3;1H. The summed E-state index contributed by atoms with van der Waals surface area (Å²) in [4.78, 5) is 14.4. The van der Waals surface area contributed by atoms with Crippen molar-refractivity contribution in [1.82, 2.24) is 4.90 Å². The van der Waals surface area contributed by atoms with Crippen molar-refractivity contribution in [3.63, 3.8) is 0 Å². The van der Waals surface area contributed by atoms with Crippen molar-refractivity contribution in [2.24, 2.45) is 17.6 Å². The quantitative estimate of drug-likeness (QED) is 0.811. The number of carbonyl (C=O) groups is 1. The van der Waals surface area contributed by atoms with Gasteiger partial charge in [-0.15, -0.1) is 12.4 Å². The van der Waals surface area contributed by atoms with Crippen molar-refractivity contribution in [3.8, 4) is 0 Å². The summed E-state index contributed by atoms with van der Waals surface area (Å²) >= 11 is 0. The fraction of sp³-hybridized carbons (Fsp3) is 0.929. The second kappa shape index (κ2) is 9.62. The van der Waals surface area contributed by atoms with Gasteiger partial charge in [0.25, 0.3) is 0 Å². The number of nitrogens with two attached hydrogens (primary N) is 1. The van der Waals surface area contributed by atoms with Crippen molar-refractivity contribution in [2.45, 2.75) is 52.4 Å². The number of likely N-dealkylation sites (tertiary alicyclic amines) is 1. The Morgan fingerprint density at radius 2 is 1.94 bits per heavy atom. The molecule has 0 radical (unpaired) electrons. The van der Waals surface area contributed by atoms with Crippen LogP contribution in [0.5, 0.6) is 0 Å². The van der Waals surface area contributed by atoms with Crippen LogP contribution in [0.2, 0.25) is 0 Å². The third-order valence-electron chi connectivity index (χ3n) is 4.01. The van der Waals surface area contributed by atoms with Crippen LogP contribution in [0.15, 0.2) is 0 Å². The summed E-state index contributed by atoms with van der Waals surface area (Å²) in [6.07, 6.45) is 6.57. The summed E-state index contributed by atoms with van der Waals surface area (Å²) in [5, 5.41) is 0. The summed E-state index contributed by atoms with van der Waals surface area (Å²) in [7, 11) is 0. The summed E-state index contributed by atoms with van der Waals surface area (Å²) in [5.74, 6) is 1.27. The maximum absolute atomic E-state index is 12.3. The zero-order chi connectivity index (χ0) is 12.7. The molecule has 1 fully saturated rings. The second-order valence-electron chi connectivity index (χ2n) is 5.25. The molecular formula is C14H29ClN2O. The number of nitrogens with zero attached hydrogens (tertiary/aromatic N) is 1. The van der Waals surface area contributed by atoms with E-state index in [1.165, 1.54) is 12.8 Å². The fourth-order valence-electron chi connectivity index (χ4n) is 2.60. The summed E-state index contributed by atoms with van der Waals surface area (Å²) in [6.45, 7) is 6.93. The molecule has 4 heteroatoms. The Labute approximate surface area is 118 Å². The highest BCUT2D eigenvalue weighted by Crippen LogP contribution is 2.21. The van der Waals surface area contributed by atoms with E-state index in [9.17, 15) is 4.79 Å². The SMILES string of the molecule is CCCCC(CC)C(=O)N1CCC(CN)CC1.Cl. The monoisotopic (exact) mass is 276 g/mol. The van der Waals surface area contributed by atoms with Gasteiger partial charge in [-0.25, -0.2) is 0 Å². The van der Waals surface area contributed by atoms with Crippen molar-refractivity contribution in [3.05, 3.63) is 0 Å². The van der Waals surface area contributed by atoms with Crippen LogP contribution in [0.4, 0.5) is 0 Å². The molecule has 1 aliphatic heterocycles. The number of halogens is 1. The Balaban J connectivity index is 0.00000289. The van der Waals surface area contributed by atoms with Gasteiger partial charge in [-0.05, 0) is 38.1 Å². The Bertz CT molecular complexity index is 228. The van der Waals surface area contributed by atoms with Crippen molar-refractivity contribution in [1.29, 1.82) is 0 Å². The summed E-state index contributed by atoms with van der Waals surface area (Å²) in [5.41, 5.74) is 5.67. The van der Waals surface area contributed by atoms with Gasteiger partial charge >= 0.3 is 0 Å². The van der Waals surface area contributed by atoms with Crippen LogP contribution in [0, 0.1) is 11.8 Å². The second-order valence-corrected chi connectivity index (χ2v) is 5.25. The van der Waals surface area contributed by atoms with Crippen LogP contribution < -0.4 is 5.73 Å². The Kier molecular flexibility index (Phi) is 9.47. The van der Waals surface area contributed by atoms with Gasteiger partial charge in [0.15, 0.2) is 0 Å². The molecule has 1 amide bonds. The average molecular weight is 277 g/mol. The molecule has 108 valence electrons. The Morgan fingerprint density at radius 1 is 1.33 bits per heavy atom. The van der Waals surface area contributed by atoms with Gasteiger partial charge in [0, 0.05) is 19.0 Å². The van der Waals surface area contributed by atoms with E-state index >= 15 is 0 Å². The van der Waals surface area contributed by atoms with Gasteiger partial charge in [0.1, 0.15) is 0 Å². The molecule has 0 bridgehead atoms. The number of hydrogen-bond donors (Lipinski definition) is 1. The van der Waals surface area contributed by atoms with E-state index < -0.39 is 0 Å². The largest absolute Gasteiger partial charge is 0.342 e. The minimum absolute atomic E-state index is 0. The third kappa shape index (κ3) is 5.15. The van der Waals surface area contributed by atoms with Gasteiger partial charge in [0.2, 0.25) is 5.91 Å². The molecule has 2 N–H and O–H groups in total. The lowest BCUT2D eigenvalue weighted by atomic mass is 9.93. The molecule has 0 aromatic heterocycles. The lowest BCUT2D eigenvalue weighted by Gasteiger charge is -2.33. The molecular weight excluding hydrogens is 248 g/mol. The van der Waals surface area contributed by atoms with E-state index in [1.807, 2.05) is 0 Å². The van der Waals surface area contributed by atoms with E-state index in [4.69, 9.17) is 5.73 Å². The van der Waals surface area contributed by atoms with E-state index in [-0.39, 0.29) is 18.3 Å². The first kappa shape index (κ1) is 17.7. The molecule has 18 heavy (non-hydrogen) atoms. The van der Waals surface area contributed by atoms with Gasteiger partial charge in [-0.2, -0.15) is 0 Å². The third-order valence-corrected chi connectivity index (χ3v) is 4.01. The number of unbranched alkanes of at least 4 members (excludes halogenated alkanes) is 1. The highest BCUT2D eigenvalue weighted by Gasteiger charge is 2.26. The zero-order valence-electron chi connectivity index (χ0n) is 11.9. The molecule has 3 nitrogen and oxygen atoms in total. The first-order valence-electron chi connectivity index (χ1n) is 7.21. The molecule has 1 atom stereocenters. The maximum Gasteiger partial charge on any atom is 0.225 e. The van der Waals surface area contributed by atoms with Crippen molar-refractivity contribution >= 4 is 18.3 Å². The minimum atomic E-state index is 0. The van der Waals surface area contributed by atoms with Crippen molar-refractivity contribution < 1.29 is 4.79 Å². The smallest absolute Gasteiger partial charge is 0.225 e. The van der Waals surface area contributed by atoms with Crippen LogP contribution in [-0.4, -0.2) is 30.4 Å². The summed E-state index contributed by atoms with van der Waals surface area (Å²) in [6, 6.07) is 0. The van der Waals surface area contributed by atoms with Crippen LogP contribution in [-0.2, 0) is 4.79 Å². The van der Waals surface area contributed by atoms with Crippen LogP contribution in [0.25, 0.3) is 0 Å². The average Bonchev–Trinajstić information content (AvgIpc) is 2.39. The lowest BCUT2D eigenvalue weighted by molar-refractivity contribution is -0.137. The molecule has 1 unspecified atom stereocenters. The zero-order valence-corrected chi connectivity index (χ0v) is 12.7. The van der Waals surface area contributed by atoms with Gasteiger partial charge < -0.3 is 10.6 Å². The lowest BCUT2D eigenvalue weighted by Crippen LogP contribution is -2.42. The Hall–Kier alpha value is -0.280. The number of amides is 1.